The number of aliphatic carboxylic acids is 1. The monoisotopic (exact) mass is 242 g/mol. The lowest BCUT2D eigenvalue weighted by atomic mass is 10.1. The number of fused-ring (bicyclic) bond motifs is 1. The SMILES string of the molecule is O=C(O)CCc1c(Cl)ccc2c1OCCO2. The third kappa shape index (κ3) is 2.22. The van der Waals surface area contributed by atoms with Crippen molar-refractivity contribution in [2.24, 2.45) is 0 Å². The van der Waals surface area contributed by atoms with E-state index in [9.17, 15) is 4.79 Å². The summed E-state index contributed by atoms with van der Waals surface area (Å²) >= 11 is 6.02. The van der Waals surface area contributed by atoms with Gasteiger partial charge in [0.25, 0.3) is 0 Å². The maximum Gasteiger partial charge on any atom is 0.303 e. The molecule has 0 spiro atoms. The molecule has 1 aromatic rings. The van der Waals surface area contributed by atoms with Crippen molar-refractivity contribution in [3.8, 4) is 11.5 Å². The van der Waals surface area contributed by atoms with Gasteiger partial charge in [-0.2, -0.15) is 0 Å². The highest BCUT2D eigenvalue weighted by Gasteiger charge is 2.19. The minimum atomic E-state index is -0.856. The number of hydrogen-bond acceptors (Lipinski definition) is 3. The van der Waals surface area contributed by atoms with Crippen molar-refractivity contribution in [3.63, 3.8) is 0 Å². The molecule has 0 bridgehead atoms. The van der Waals surface area contributed by atoms with Gasteiger partial charge in [0, 0.05) is 17.0 Å². The molecule has 0 amide bonds. The molecule has 16 heavy (non-hydrogen) atoms. The molecule has 0 atom stereocenters. The van der Waals surface area contributed by atoms with E-state index in [1.54, 1.807) is 12.1 Å². The van der Waals surface area contributed by atoms with Crippen LogP contribution in [0.1, 0.15) is 12.0 Å². The Bertz CT molecular complexity index is 417. The van der Waals surface area contributed by atoms with Crippen LogP contribution in [0.4, 0.5) is 0 Å². The molecule has 1 heterocycles. The number of rotatable bonds is 3. The topological polar surface area (TPSA) is 55.8 Å². The maximum atomic E-state index is 10.5. The molecule has 1 aliphatic rings. The maximum absolute atomic E-state index is 10.5. The van der Waals surface area contributed by atoms with Gasteiger partial charge < -0.3 is 14.6 Å². The Balaban J connectivity index is 2.30. The highest BCUT2D eigenvalue weighted by Crippen LogP contribution is 2.38. The zero-order valence-corrected chi connectivity index (χ0v) is 9.29. The Morgan fingerprint density at radius 2 is 2.12 bits per heavy atom. The second-order valence-electron chi connectivity index (χ2n) is 3.44. The van der Waals surface area contributed by atoms with E-state index >= 15 is 0 Å². The summed E-state index contributed by atoms with van der Waals surface area (Å²) in [4.78, 5) is 10.5. The van der Waals surface area contributed by atoms with Crippen molar-refractivity contribution in [1.29, 1.82) is 0 Å². The van der Waals surface area contributed by atoms with E-state index in [-0.39, 0.29) is 6.42 Å². The summed E-state index contributed by atoms with van der Waals surface area (Å²) < 4.78 is 10.9. The fourth-order valence-corrected chi connectivity index (χ4v) is 1.86. The van der Waals surface area contributed by atoms with Crippen LogP contribution >= 0.6 is 11.6 Å². The van der Waals surface area contributed by atoms with Crippen molar-refractivity contribution in [3.05, 3.63) is 22.7 Å². The van der Waals surface area contributed by atoms with Gasteiger partial charge in [0.2, 0.25) is 0 Å². The molecule has 0 saturated heterocycles. The molecule has 0 aliphatic carbocycles. The Labute approximate surface area is 97.7 Å². The van der Waals surface area contributed by atoms with Crippen LogP contribution in [0, 0.1) is 0 Å². The first-order chi connectivity index (χ1) is 7.68. The molecule has 0 radical (unpaired) electrons. The van der Waals surface area contributed by atoms with Crippen LogP contribution < -0.4 is 9.47 Å². The molecule has 4 nitrogen and oxygen atoms in total. The van der Waals surface area contributed by atoms with Crippen LogP contribution in [0.3, 0.4) is 0 Å². The number of carboxylic acids is 1. The highest BCUT2D eigenvalue weighted by atomic mass is 35.5. The van der Waals surface area contributed by atoms with E-state index in [0.29, 0.717) is 41.7 Å². The van der Waals surface area contributed by atoms with E-state index in [1.165, 1.54) is 0 Å². The number of carboxylic acid groups (broad SMARTS) is 1. The lowest BCUT2D eigenvalue weighted by molar-refractivity contribution is -0.136. The molecule has 0 aromatic heterocycles. The lowest BCUT2D eigenvalue weighted by Gasteiger charge is -2.21. The van der Waals surface area contributed by atoms with Crippen LogP contribution in [-0.4, -0.2) is 24.3 Å². The normalized spacial score (nSPS) is 13.6. The minimum Gasteiger partial charge on any atom is -0.486 e. The molecule has 0 fully saturated rings. The molecule has 0 unspecified atom stereocenters. The molecule has 1 aromatic carbocycles. The quantitative estimate of drug-likeness (QED) is 0.882. The first kappa shape index (κ1) is 11.1. The Hall–Kier alpha value is -1.42. The molecule has 0 saturated carbocycles. The fraction of sp³-hybridized carbons (Fsp3) is 0.364. The zero-order valence-electron chi connectivity index (χ0n) is 8.53. The molecule has 5 heteroatoms. The van der Waals surface area contributed by atoms with Gasteiger partial charge in [-0.25, -0.2) is 0 Å². The Kier molecular flexibility index (Phi) is 3.19. The molecule has 1 aliphatic heterocycles. The molecule has 2 rings (SSSR count). The van der Waals surface area contributed by atoms with Crippen molar-refractivity contribution in [2.45, 2.75) is 12.8 Å². The average molecular weight is 243 g/mol. The molecular formula is C11H11ClO4. The average Bonchev–Trinajstić information content (AvgIpc) is 2.27. The summed E-state index contributed by atoms with van der Waals surface area (Å²) in [6, 6.07) is 3.44. The minimum absolute atomic E-state index is 0.0273. The molecule has 1 N–H and O–H groups in total. The van der Waals surface area contributed by atoms with Gasteiger partial charge in [-0.3, -0.25) is 4.79 Å². The Morgan fingerprint density at radius 3 is 2.88 bits per heavy atom. The number of hydrogen-bond donors (Lipinski definition) is 1. The smallest absolute Gasteiger partial charge is 0.303 e. The van der Waals surface area contributed by atoms with Crippen molar-refractivity contribution >= 4 is 17.6 Å². The summed E-state index contributed by atoms with van der Waals surface area (Å²) in [5.74, 6) is 0.362. The van der Waals surface area contributed by atoms with Gasteiger partial charge in [-0.15, -0.1) is 0 Å². The van der Waals surface area contributed by atoms with Gasteiger partial charge in [0.1, 0.15) is 13.2 Å². The zero-order chi connectivity index (χ0) is 11.5. The number of carbonyl (C=O) groups is 1. The molecule has 86 valence electrons. The summed E-state index contributed by atoms with van der Waals surface area (Å²) in [5.41, 5.74) is 0.710. The van der Waals surface area contributed by atoms with Crippen LogP contribution in [0.25, 0.3) is 0 Å². The van der Waals surface area contributed by atoms with Crippen LogP contribution in [0.15, 0.2) is 12.1 Å². The lowest BCUT2D eigenvalue weighted by Crippen LogP contribution is -2.17. The van der Waals surface area contributed by atoms with E-state index in [0.717, 1.165) is 0 Å². The van der Waals surface area contributed by atoms with Gasteiger partial charge in [0.05, 0.1) is 0 Å². The van der Waals surface area contributed by atoms with Crippen LogP contribution in [0.2, 0.25) is 5.02 Å². The van der Waals surface area contributed by atoms with E-state index in [4.69, 9.17) is 26.2 Å². The first-order valence-corrected chi connectivity index (χ1v) is 5.35. The van der Waals surface area contributed by atoms with Gasteiger partial charge in [-0.05, 0) is 18.6 Å². The number of ether oxygens (including phenoxy) is 2. The predicted octanol–water partition coefficient (Wildman–Crippen LogP) is 2.13. The fourth-order valence-electron chi connectivity index (χ4n) is 1.61. The third-order valence-corrected chi connectivity index (χ3v) is 2.70. The Morgan fingerprint density at radius 1 is 1.38 bits per heavy atom. The summed E-state index contributed by atoms with van der Waals surface area (Å²) in [5, 5.41) is 9.17. The van der Waals surface area contributed by atoms with Crippen LogP contribution in [0.5, 0.6) is 11.5 Å². The number of benzene rings is 1. The largest absolute Gasteiger partial charge is 0.486 e. The number of halogens is 1. The first-order valence-electron chi connectivity index (χ1n) is 4.97. The van der Waals surface area contributed by atoms with Crippen molar-refractivity contribution < 1.29 is 19.4 Å². The van der Waals surface area contributed by atoms with Gasteiger partial charge in [0.15, 0.2) is 11.5 Å². The van der Waals surface area contributed by atoms with Crippen molar-refractivity contribution in [2.75, 3.05) is 13.2 Å². The summed E-state index contributed by atoms with van der Waals surface area (Å²) in [6.07, 6.45) is 0.375. The standard InChI is InChI=1S/C11H11ClO4/c12-8-2-3-9-11(16-6-5-15-9)7(8)1-4-10(13)14/h2-3H,1,4-6H2,(H,13,14). The van der Waals surface area contributed by atoms with Gasteiger partial charge in [-0.1, -0.05) is 11.6 Å². The van der Waals surface area contributed by atoms with Crippen molar-refractivity contribution in [1.82, 2.24) is 0 Å². The predicted molar refractivity (Wildman–Crippen MR) is 58.4 cm³/mol. The molecular weight excluding hydrogens is 232 g/mol. The second kappa shape index (κ2) is 4.61. The van der Waals surface area contributed by atoms with E-state index < -0.39 is 5.97 Å². The summed E-state index contributed by atoms with van der Waals surface area (Å²) in [7, 11) is 0. The summed E-state index contributed by atoms with van der Waals surface area (Å²) in [6.45, 7) is 0.973. The highest BCUT2D eigenvalue weighted by molar-refractivity contribution is 6.31. The van der Waals surface area contributed by atoms with Crippen LogP contribution in [-0.2, 0) is 11.2 Å². The third-order valence-electron chi connectivity index (χ3n) is 2.34. The second-order valence-corrected chi connectivity index (χ2v) is 3.85. The van der Waals surface area contributed by atoms with Gasteiger partial charge >= 0.3 is 5.97 Å². The van der Waals surface area contributed by atoms with E-state index in [2.05, 4.69) is 0 Å². The van der Waals surface area contributed by atoms with E-state index in [1.807, 2.05) is 0 Å².